The molecule has 2 amide bonds. The first-order valence-corrected chi connectivity index (χ1v) is 8.30. The zero-order valence-corrected chi connectivity index (χ0v) is 13.8. The van der Waals surface area contributed by atoms with Crippen molar-refractivity contribution in [3.8, 4) is 0 Å². The Hall–Kier alpha value is -3.48. The van der Waals surface area contributed by atoms with E-state index < -0.39 is 5.91 Å². The molecule has 0 aliphatic heterocycles. The van der Waals surface area contributed by atoms with Gasteiger partial charge in [-0.3, -0.25) is 14.4 Å². The number of fused-ring (bicyclic) bond motifs is 1. The largest absolute Gasteiger partial charge is 0.322 e. The van der Waals surface area contributed by atoms with Crippen molar-refractivity contribution in [1.29, 1.82) is 0 Å². The molecule has 0 spiro atoms. The molecule has 2 heterocycles. The van der Waals surface area contributed by atoms with Crippen molar-refractivity contribution in [2.45, 2.75) is 12.8 Å². The minimum atomic E-state index is -0.399. The normalized spacial score (nSPS) is 13.4. The maximum Gasteiger partial charge on any atom is 0.256 e. The maximum atomic E-state index is 12.6. The Labute approximate surface area is 148 Å². The molecule has 3 aromatic rings. The number of benzene rings is 1. The van der Waals surface area contributed by atoms with E-state index in [1.54, 1.807) is 36.4 Å². The Morgan fingerprint density at radius 1 is 1.08 bits per heavy atom. The van der Waals surface area contributed by atoms with Gasteiger partial charge in [0.15, 0.2) is 0 Å². The molecular weight excluding hydrogens is 332 g/mol. The van der Waals surface area contributed by atoms with Gasteiger partial charge >= 0.3 is 0 Å². The van der Waals surface area contributed by atoms with E-state index in [-0.39, 0.29) is 22.9 Å². The van der Waals surface area contributed by atoms with Gasteiger partial charge in [-0.2, -0.15) is 0 Å². The molecule has 7 heteroatoms. The average Bonchev–Trinajstić information content (AvgIpc) is 3.48. The number of carbonyl (C=O) groups is 2. The predicted molar refractivity (Wildman–Crippen MR) is 98.1 cm³/mol. The highest BCUT2D eigenvalue weighted by Crippen LogP contribution is 2.30. The molecule has 3 N–H and O–H groups in total. The Kier molecular flexibility index (Phi) is 3.96. The van der Waals surface area contributed by atoms with E-state index in [0.29, 0.717) is 22.4 Å². The summed E-state index contributed by atoms with van der Waals surface area (Å²) in [5.74, 6) is 0.121. The summed E-state index contributed by atoms with van der Waals surface area (Å²) < 4.78 is 0. The Balaban J connectivity index is 1.53. The number of hydrogen-bond donors (Lipinski definition) is 3. The highest BCUT2D eigenvalue weighted by atomic mass is 16.2. The first kappa shape index (κ1) is 16.0. The molecule has 0 radical (unpaired) electrons. The van der Waals surface area contributed by atoms with Crippen molar-refractivity contribution in [3.05, 3.63) is 64.6 Å². The van der Waals surface area contributed by atoms with Crippen LogP contribution in [0.4, 0.5) is 11.5 Å². The third-order valence-corrected chi connectivity index (χ3v) is 4.22. The molecule has 1 fully saturated rings. The molecule has 4 rings (SSSR count). The molecule has 0 saturated heterocycles. The number of aromatic nitrogens is 2. The van der Waals surface area contributed by atoms with Gasteiger partial charge < -0.3 is 15.6 Å². The van der Waals surface area contributed by atoms with Gasteiger partial charge in [-0.05, 0) is 31.0 Å². The van der Waals surface area contributed by atoms with Gasteiger partial charge in [0.05, 0.1) is 17.4 Å². The van der Waals surface area contributed by atoms with Crippen LogP contribution >= 0.6 is 0 Å². The quantitative estimate of drug-likeness (QED) is 0.674. The Bertz CT molecular complexity index is 1050. The molecule has 0 atom stereocenters. The van der Waals surface area contributed by atoms with Crippen LogP contribution in [0.1, 0.15) is 23.2 Å². The van der Waals surface area contributed by atoms with Crippen LogP contribution in [0.3, 0.4) is 0 Å². The van der Waals surface area contributed by atoms with Crippen LogP contribution in [0, 0.1) is 5.92 Å². The van der Waals surface area contributed by atoms with Gasteiger partial charge in [0.1, 0.15) is 5.82 Å². The molecule has 1 aliphatic carbocycles. The van der Waals surface area contributed by atoms with Crippen LogP contribution < -0.4 is 16.2 Å². The lowest BCUT2D eigenvalue weighted by atomic mass is 10.1. The zero-order chi connectivity index (χ0) is 18.1. The zero-order valence-electron chi connectivity index (χ0n) is 13.8. The van der Waals surface area contributed by atoms with E-state index in [1.807, 2.05) is 0 Å². The molecule has 1 aliphatic rings. The van der Waals surface area contributed by atoms with Crippen molar-refractivity contribution >= 4 is 34.2 Å². The molecule has 0 bridgehead atoms. The van der Waals surface area contributed by atoms with E-state index in [9.17, 15) is 14.4 Å². The number of H-pyrrole nitrogens is 1. The lowest BCUT2D eigenvalue weighted by molar-refractivity contribution is -0.117. The SMILES string of the molecule is O=C(Nc1ccc(NC(=O)C2CC2)nc1)c1cc(=O)[nH]c2ccccc12. The van der Waals surface area contributed by atoms with Crippen LogP contribution in [0.15, 0.2) is 53.5 Å². The second-order valence-corrected chi connectivity index (χ2v) is 6.24. The number of pyridine rings is 2. The molecule has 130 valence electrons. The highest BCUT2D eigenvalue weighted by molar-refractivity contribution is 6.12. The second-order valence-electron chi connectivity index (χ2n) is 6.24. The number of amides is 2. The van der Waals surface area contributed by atoms with E-state index >= 15 is 0 Å². The summed E-state index contributed by atoms with van der Waals surface area (Å²) in [5, 5.41) is 6.12. The Morgan fingerprint density at radius 3 is 2.62 bits per heavy atom. The van der Waals surface area contributed by atoms with Gasteiger partial charge in [-0.15, -0.1) is 0 Å². The van der Waals surface area contributed by atoms with E-state index in [4.69, 9.17) is 0 Å². The third-order valence-electron chi connectivity index (χ3n) is 4.22. The number of para-hydroxylation sites is 1. The molecule has 26 heavy (non-hydrogen) atoms. The van der Waals surface area contributed by atoms with Gasteiger partial charge in [-0.1, -0.05) is 18.2 Å². The van der Waals surface area contributed by atoms with Crippen LogP contribution in [-0.2, 0) is 4.79 Å². The molecule has 2 aromatic heterocycles. The Morgan fingerprint density at radius 2 is 1.88 bits per heavy atom. The molecule has 1 aromatic carbocycles. The van der Waals surface area contributed by atoms with Gasteiger partial charge in [0.25, 0.3) is 5.91 Å². The summed E-state index contributed by atoms with van der Waals surface area (Å²) in [6, 6.07) is 11.7. The smallest absolute Gasteiger partial charge is 0.256 e. The van der Waals surface area contributed by atoms with Crippen molar-refractivity contribution in [1.82, 2.24) is 9.97 Å². The fourth-order valence-corrected chi connectivity index (χ4v) is 2.71. The van der Waals surface area contributed by atoms with E-state index in [1.165, 1.54) is 12.3 Å². The first-order chi connectivity index (χ1) is 12.6. The second kappa shape index (κ2) is 6.44. The van der Waals surface area contributed by atoms with Crippen molar-refractivity contribution in [2.24, 2.45) is 5.92 Å². The summed E-state index contributed by atoms with van der Waals surface area (Å²) in [6.45, 7) is 0. The maximum absolute atomic E-state index is 12.6. The van der Waals surface area contributed by atoms with Gasteiger partial charge in [0, 0.05) is 22.9 Å². The van der Waals surface area contributed by atoms with Crippen molar-refractivity contribution in [3.63, 3.8) is 0 Å². The lowest BCUT2D eigenvalue weighted by Gasteiger charge is -2.08. The number of hydrogen-bond acceptors (Lipinski definition) is 4. The topological polar surface area (TPSA) is 104 Å². The number of rotatable bonds is 4. The summed E-state index contributed by atoms with van der Waals surface area (Å²) >= 11 is 0. The molecule has 7 nitrogen and oxygen atoms in total. The number of nitrogens with one attached hydrogen (secondary N) is 3. The monoisotopic (exact) mass is 348 g/mol. The third kappa shape index (κ3) is 3.32. The lowest BCUT2D eigenvalue weighted by Crippen LogP contribution is -2.17. The minimum absolute atomic E-state index is 0.0238. The molecule has 1 saturated carbocycles. The number of nitrogens with zero attached hydrogens (tertiary/aromatic N) is 1. The number of carbonyl (C=O) groups excluding carboxylic acids is 2. The van der Waals surface area contributed by atoms with E-state index in [2.05, 4.69) is 20.6 Å². The minimum Gasteiger partial charge on any atom is -0.322 e. The van der Waals surface area contributed by atoms with Crippen molar-refractivity contribution in [2.75, 3.05) is 10.6 Å². The molecule has 0 unspecified atom stereocenters. The van der Waals surface area contributed by atoms with Crippen LogP contribution in [0.5, 0.6) is 0 Å². The summed E-state index contributed by atoms with van der Waals surface area (Å²) in [6.07, 6.45) is 3.31. The highest BCUT2D eigenvalue weighted by Gasteiger charge is 2.29. The number of anilines is 2. The van der Waals surface area contributed by atoms with Crippen LogP contribution in [0.25, 0.3) is 10.9 Å². The predicted octanol–water partition coefficient (Wildman–Crippen LogP) is 2.52. The standard InChI is InChI=1S/C19H16N4O3/c24-17-9-14(13-3-1-2-4-15(13)22-17)19(26)21-12-7-8-16(20-10-12)23-18(25)11-5-6-11/h1-4,7-11H,5-6H2,(H,21,26)(H,22,24)(H,20,23,25). The van der Waals surface area contributed by atoms with Crippen molar-refractivity contribution < 1.29 is 9.59 Å². The summed E-state index contributed by atoms with van der Waals surface area (Å²) in [4.78, 5) is 42.9. The fourth-order valence-electron chi connectivity index (χ4n) is 2.71. The van der Waals surface area contributed by atoms with Gasteiger partial charge in [-0.25, -0.2) is 4.98 Å². The number of aromatic amines is 1. The first-order valence-electron chi connectivity index (χ1n) is 8.30. The average molecular weight is 348 g/mol. The van der Waals surface area contributed by atoms with Crippen LogP contribution in [0.2, 0.25) is 0 Å². The molecular formula is C19H16N4O3. The fraction of sp³-hybridized carbons (Fsp3) is 0.158. The summed E-state index contributed by atoms with van der Waals surface area (Å²) in [5.41, 5.74) is 1.02. The summed E-state index contributed by atoms with van der Waals surface area (Å²) in [7, 11) is 0. The van der Waals surface area contributed by atoms with E-state index in [0.717, 1.165) is 12.8 Å². The van der Waals surface area contributed by atoms with Crippen LogP contribution in [-0.4, -0.2) is 21.8 Å². The van der Waals surface area contributed by atoms with Gasteiger partial charge in [0.2, 0.25) is 11.5 Å².